The summed E-state index contributed by atoms with van der Waals surface area (Å²) in [5.74, 6) is -3.08. The molecule has 3 aromatic rings. The number of alkyl halides is 2. The third-order valence-corrected chi connectivity index (χ3v) is 7.90. The highest BCUT2D eigenvalue weighted by molar-refractivity contribution is 5.92. The second-order valence-electron chi connectivity index (χ2n) is 11.3. The van der Waals surface area contributed by atoms with Crippen LogP contribution in [0.2, 0.25) is 0 Å². The van der Waals surface area contributed by atoms with E-state index in [0.29, 0.717) is 47.3 Å². The number of nitrogens with one attached hydrogen (secondary N) is 1. The van der Waals surface area contributed by atoms with Gasteiger partial charge in [0.25, 0.3) is 0 Å². The van der Waals surface area contributed by atoms with Crippen LogP contribution in [0.5, 0.6) is 11.5 Å². The van der Waals surface area contributed by atoms with Gasteiger partial charge in [0, 0.05) is 24.1 Å². The zero-order valence-corrected chi connectivity index (χ0v) is 24.6. The molecule has 41 heavy (non-hydrogen) atoms. The Labute approximate surface area is 238 Å². The molecule has 2 atom stereocenters. The number of likely N-dealkylation sites (tertiary alicyclic amines) is 1. The summed E-state index contributed by atoms with van der Waals surface area (Å²) in [6.07, 6.45) is 1.97. The molecule has 224 valence electrons. The van der Waals surface area contributed by atoms with Crippen LogP contribution in [0, 0.1) is 12.7 Å². The monoisotopic (exact) mass is 576 g/mol. The van der Waals surface area contributed by atoms with Crippen LogP contribution in [0.4, 0.5) is 19.0 Å². The van der Waals surface area contributed by atoms with Gasteiger partial charge in [-0.15, -0.1) is 0 Å². The number of rotatable bonds is 11. The van der Waals surface area contributed by atoms with Crippen LogP contribution in [0.25, 0.3) is 10.9 Å². The van der Waals surface area contributed by atoms with E-state index in [4.69, 9.17) is 14.2 Å². The summed E-state index contributed by atoms with van der Waals surface area (Å²) in [6, 6.07) is 6.53. The van der Waals surface area contributed by atoms with E-state index in [1.54, 1.807) is 40.2 Å². The third kappa shape index (κ3) is 5.93. The molecule has 8 nitrogen and oxygen atoms in total. The van der Waals surface area contributed by atoms with E-state index in [-0.39, 0.29) is 11.1 Å². The standard InChI is InChI=1S/C30H39F3N4O4/c1-18(20-10-8-11-22(26(20)31)30(32,33)28(3,4)38)34-27-21-14-25(24(40-7)15-23(21)35-19(2)36-27)41-17-29(16-39-6)12-9-13-37(29)5/h8,10-11,14-15,18,38H,9,12-13,16-17H2,1-7H3,(H,34,35,36)/t18-,29-/m1/s1. The zero-order chi connectivity index (χ0) is 30.2. The topological polar surface area (TPSA) is 89.0 Å². The van der Waals surface area contributed by atoms with Gasteiger partial charge in [-0.1, -0.05) is 12.1 Å². The molecule has 0 spiro atoms. The maximum absolute atomic E-state index is 15.5. The Morgan fingerprint density at radius 2 is 1.88 bits per heavy atom. The van der Waals surface area contributed by atoms with Crippen molar-refractivity contribution in [1.82, 2.24) is 14.9 Å². The summed E-state index contributed by atoms with van der Waals surface area (Å²) in [7, 11) is 5.28. The lowest BCUT2D eigenvalue weighted by Crippen LogP contribution is -2.50. The number of fused-ring (bicyclic) bond motifs is 1. The molecule has 0 aliphatic carbocycles. The Bertz CT molecular complexity index is 1400. The van der Waals surface area contributed by atoms with Gasteiger partial charge in [0.05, 0.1) is 36.4 Å². The van der Waals surface area contributed by atoms with Gasteiger partial charge in [-0.25, -0.2) is 14.4 Å². The summed E-state index contributed by atoms with van der Waals surface area (Å²) >= 11 is 0. The van der Waals surface area contributed by atoms with Crippen LogP contribution < -0.4 is 14.8 Å². The summed E-state index contributed by atoms with van der Waals surface area (Å²) in [5, 5.41) is 13.8. The predicted octanol–water partition coefficient (Wildman–Crippen LogP) is 5.61. The molecule has 1 aliphatic rings. The lowest BCUT2D eigenvalue weighted by Gasteiger charge is -2.35. The summed E-state index contributed by atoms with van der Waals surface area (Å²) in [6.45, 7) is 7.11. The number of aromatic nitrogens is 2. The molecular weight excluding hydrogens is 537 g/mol. The van der Waals surface area contributed by atoms with Crippen LogP contribution in [-0.4, -0.2) is 72.1 Å². The lowest BCUT2D eigenvalue weighted by molar-refractivity contribution is -0.170. The molecule has 2 heterocycles. The van der Waals surface area contributed by atoms with Gasteiger partial charge in [-0.05, 0) is 66.3 Å². The van der Waals surface area contributed by atoms with Crippen molar-refractivity contribution < 1.29 is 32.5 Å². The van der Waals surface area contributed by atoms with Crippen molar-refractivity contribution in [1.29, 1.82) is 0 Å². The van der Waals surface area contributed by atoms with E-state index < -0.39 is 28.9 Å². The van der Waals surface area contributed by atoms with Crippen molar-refractivity contribution in [3.8, 4) is 11.5 Å². The zero-order valence-electron chi connectivity index (χ0n) is 24.6. The number of nitrogens with zero attached hydrogens (tertiary/aromatic N) is 3. The first kappa shape index (κ1) is 30.8. The van der Waals surface area contributed by atoms with Crippen molar-refractivity contribution >= 4 is 16.7 Å². The maximum Gasteiger partial charge on any atom is 0.303 e. The SMILES string of the molecule is COC[C@@]1(COc2cc3c(N[C@H](C)c4cccc(C(F)(F)C(C)(C)O)c4F)nc(C)nc3cc2OC)CCCN1C. The van der Waals surface area contributed by atoms with Gasteiger partial charge >= 0.3 is 5.92 Å². The maximum atomic E-state index is 15.5. The molecule has 0 unspecified atom stereocenters. The lowest BCUT2D eigenvalue weighted by atomic mass is 9.91. The number of halogens is 3. The number of ether oxygens (including phenoxy) is 3. The van der Waals surface area contributed by atoms with Crippen LogP contribution in [0.15, 0.2) is 30.3 Å². The normalized spacial score (nSPS) is 19.0. The highest BCUT2D eigenvalue weighted by Crippen LogP contribution is 2.42. The molecule has 2 aromatic carbocycles. The average Bonchev–Trinajstić information content (AvgIpc) is 3.26. The van der Waals surface area contributed by atoms with Crippen LogP contribution in [-0.2, 0) is 10.7 Å². The smallest absolute Gasteiger partial charge is 0.303 e. The van der Waals surface area contributed by atoms with Gasteiger partial charge in [-0.3, -0.25) is 4.90 Å². The molecule has 0 saturated carbocycles. The molecule has 4 rings (SSSR count). The van der Waals surface area contributed by atoms with Crippen LogP contribution in [0.3, 0.4) is 0 Å². The number of likely N-dealkylation sites (N-methyl/N-ethyl adjacent to an activating group) is 1. The van der Waals surface area contributed by atoms with Crippen molar-refractivity contribution in [2.75, 3.05) is 46.3 Å². The first-order valence-corrected chi connectivity index (χ1v) is 13.6. The first-order valence-electron chi connectivity index (χ1n) is 13.6. The number of aliphatic hydroxyl groups is 1. The number of benzene rings is 2. The van der Waals surface area contributed by atoms with E-state index in [1.807, 2.05) is 0 Å². The van der Waals surface area contributed by atoms with Crippen molar-refractivity contribution in [3.05, 3.63) is 53.1 Å². The minimum atomic E-state index is -3.80. The van der Waals surface area contributed by atoms with E-state index >= 15 is 4.39 Å². The fourth-order valence-electron chi connectivity index (χ4n) is 5.33. The summed E-state index contributed by atoms with van der Waals surface area (Å²) < 4.78 is 62.7. The third-order valence-electron chi connectivity index (χ3n) is 7.90. The Morgan fingerprint density at radius 1 is 1.15 bits per heavy atom. The quantitative estimate of drug-likeness (QED) is 0.305. The van der Waals surface area contributed by atoms with Gasteiger partial charge in [-0.2, -0.15) is 8.78 Å². The molecule has 1 fully saturated rings. The Hall–Kier alpha value is -3.15. The van der Waals surface area contributed by atoms with Crippen molar-refractivity contribution in [3.63, 3.8) is 0 Å². The Balaban J connectivity index is 1.70. The van der Waals surface area contributed by atoms with E-state index in [2.05, 4.69) is 27.2 Å². The van der Waals surface area contributed by atoms with Gasteiger partial charge in [0.15, 0.2) is 11.5 Å². The minimum Gasteiger partial charge on any atom is -0.493 e. The highest BCUT2D eigenvalue weighted by Gasteiger charge is 2.49. The second-order valence-corrected chi connectivity index (χ2v) is 11.3. The van der Waals surface area contributed by atoms with E-state index in [0.717, 1.165) is 39.3 Å². The number of anilines is 1. The number of methoxy groups -OCH3 is 2. The van der Waals surface area contributed by atoms with Crippen molar-refractivity contribution in [2.45, 2.75) is 63.6 Å². The average molecular weight is 577 g/mol. The fourth-order valence-corrected chi connectivity index (χ4v) is 5.33. The molecular formula is C30H39F3N4O4. The van der Waals surface area contributed by atoms with Gasteiger partial charge in [0.2, 0.25) is 0 Å². The minimum absolute atomic E-state index is 0.00611. The highest BCUT2D eigenvalue weighted by atomic mass is 19.3. The Kier molecular flexibility index (Phi) is 8.73. The molecule has 2 N–H and O–H groups in total. The molecule has 1 saturated heterocycles. The molecule has 11 heteroatoms. The number of hydrogen-bond donors (Lipinski definition) is 2. The molecule has 0 amide bonds. The van der Waals surface area contributed by atoms with E-state index in [9.17, 15) is 13.9 Å². The fraction of sp³-hybridized carbons (Fsp3) is 0.533. The van der Waals surface area contributed by atoms with Crippen LogP contribution in [0.1, 0.15) is 56.6 Å². The van der Waals surface area contributed by atoms with Gasteiger partial charge < -0.3 is 24.6 Å². The molecule has 0 radical (unpaired) electrons. The number of aryl methyl sites for hydroxylation is 1. The van der Waals surface area contributed by atoms with Crippen LogP contribution >= 0.6 is 0 Å². The van der Waals surface area contributed by atoms with E-state index in [1.165, 1.54) is 12.1 Å². The summed E-state index contributed by atoms with van der Waals surface area (Å²) in [4.78, 5) is 11.3. The number of hydrogen-bond acceptors (Lipinski definition) is 8. The predicted molar refractivity (Wildman–Crippen MR) is 151 cm³/mol. The second kappa shape index (κ2) is 11.6. The van der Waals surface area contributed by atoms with Crippen molar-refractivity contribution in [2.24, 2.45) is 0 Å². The van der Waals surface area contributed by atoms with Gasteiger partial charge in [0.1, 0.15) is 29.7 Å². The Morgan fingerprint density at radius 3 is 2.49 bits per heavy atom. The summed E-state index contributed by atoms with van der Waals surface area (Å²) in [5.41, 5.74) is -3.02. The molecule has 1 aliphatic heterocycles. The largest absolute Gasteiger partial charge is 0.493 e. The first-order chi connectivity index (χ1) is 19.2. The molecule has 0 bridgehead atoms. The molecule has 1 aromatic heterocycles.